The Labute approximate surface area is 160 Å². The predicted molar refractivity (Wildman–Crippen MR) is 103 cm³/mol. The zero-order chi connectivity index (χ0) is 20.1. The number of anilines is 1. The molecule has 7 nitrogen and oxygen atoms in total. The molecule has 0 aromatic heterocycles. The lowest BCUT2D eigenvalue weighted by molar-refractivity contribution is -0.157. The zero-order valence-corrected chi connectivity index (χ0v) is 16.3. The van der Waals surface area contributed by atoms with E-state index in [0.717, 1.165) is 12.8 Å². The van der Waals surface area contributed by atoms with Crippen LogP contribution in [0.25, 0.3) is 0 Å². The first-order chi connectivity index (χ1) is 13.0. The molecule has 0 aliphatic rings. The first-order valence-electron chi connectivity index (χ1n) is 9.10. The second-order valence-electron chi connectivity index (χ2n) is 5.78. The molecule has 0 aliphatic heterocycles. The molecule has 0 radical (unpaired) electrons. The smallest absolute Gasteiger partial charge is 0.335 e. The summed E-state index contributed by atoms with van der Waals surface area (Å²) < 4.78 is 21.4. The van der Waals surface area contributed by atoms with Crippen molar-refractivity contribution < 1.29 is 28.5 Å². The van der Waals surface area contributed by atoms with Crippen molar-refractivity contribution in [3.05, 3.63) is 30.9 Å². The third-order valence-corrected chi connectivity index (χ3v) is 3.29. The van der Waals surface area contributed by atoms with Gasteiger partial charge in [0.05, 0.1) is 19.8 Å². The first-order valence-corrected chi connectivity index (χ1v) is 9.10. The quantitative estimate of drug-likeness (QED) is 0.418. The highest BCUT2D eigenvalue weighted by Gasteiger charge is 2.16. The van der Waals surface area contributed by atoms with Gasteiger partial charge < -0.3 is 24.3 Å². The van der Waals surface area contributed by atoms with Gasteiger partial charge in [0.25, 0.3) is 5.91 Å². The van der Waals surface area contributed by atoms with Crippen molar-refractivity contribution in [2.75, 3.05) is 31.7 Å². The maximum atomic E-state index is 12.0. The summed E-state index contributed by atoms with van der Waals surface area (Å²) in [6.45, 7) is 10.0. The molecule has 27 heavy (non-hydrogen) atoms. The highest BCUT2D eigenvalue weighted by Crippen LogP contribution is 2.31. The van der Waals surface area contributed by atoms with Crippen LogP contribution in [-0.4, -0.2) is 44.4 Å². The third-order valence-electron chi connectivity index (χ3n) is 3.29. The van der Waals surface area contributed by atoms with E-state index in [4.69, 9.17) is 18.9 Å². The van der Waals surface area contributed by atoms with Gasteiger partial charge in [0.2, 0.25) is 0 Å². The van der Waals surface area contributed by atoms with E-state index in [1.165, 1.54) is 6.08 Å². The maximum absolute atomic E-state index is 12.0. The lowest BCUT2D eigenvalue weighted by Gasteiger charge is -2.14. The van der Waals surface area contributed by atoms with Crippen LogP contribution in [0.3, 0.4) is 0 Å². The van der Waals surface area contributed by atoms with Crippen molar-refractivity contribution in [1.82, 2.24) is 0 Å². The number of hydrogen-bond donors (Lipinski definition) is 1. The SMILES string of the molecule is C=CCOC(C)C(=O)OCC(=O)Nc1ccc(OCCC)c(OCCC)c1. The molecule has 0 spiro atoms. The summed E-state index contributed by atoms with van der Waals surface area (Å²) in [5.41, 5.74) is 0.530. The lowest BCUT2D eigenvalue weighted by atomic mass is 10.2. The van der Waals surface area contributed by atoms with E-state index >= 15 is 0 Å². The number of rotatable bonds is 13. The Hall–Kier alpha value is -2.54. The van der Waals surface area contributed by atoms with Crippen molar-refractivity contribution in [2.24, 2.45) is 0 Å². The van der Waals surface area contributed by atoms with Gasteiger partial charge in [-0.2, -0.15) is 0 Å². The molecule has 1 unspecified atom stereocenters. The van der Waals surface area contributed by atoms with E-state index in [1.807, 2.05) is 13.8 Å². The Kier molecular flexibility index (Phi) is 10.6. The highest BCUT2D eigenvalue weighted by atomic mass is 16.6. The molecular formula is C20H29NO6. The van der Waals surface area contributed by atoms with Gasteiger partial charge in [0, 0.05) is 11.8 Å². The van der Waals surface area contributed by atoms with Crippen LogP contribution in [0.5, 0.6) is 11.5 Å². The van der Waals surface area contributed by atoms with Crippen LogP contribution in [0.2, 0.25) is 0 Å². The molecule has 150 valence electrons. The number of hydrogen-bond acceptors (Lipinski definition) is 6. The van der Waals surface area contributed by atoms with Crippen molar-refractivity contribution in [3.63, 3.8) is 0 Å². The fraction of sp³-hybridized carbons (Fsp3) is 0.500. The average molecular weight is 379 g/mol. The Morgan fingerprint density at radius 1 is 1.15 bits per heavy atom. The fourth-order valence-corrected chi connectivity index (χ4v) is 1.97. The Balaban J connectivity index is 2.61. The number of carbonyl (C=O) groups is 2. The molecule has 0 aliphatic carbocycles. The van der Waals surface area contributed by atoms with Gasteiger partial charge in [-0.05, 0) is 31.9 Å². The molecule has 0 bridgehead atoms. The number of esters is 1. The van der Waals surface area contributed by atoms with Crippen LogP contribution in [-0.2, 0) is 19.1 Å². The second kappa shape index (κ2) is 12.8. The van der Waals surface area contributed by atoms with Gasteiger partial charge in [-0.25, -0.2) is 4.79 Å². The van der Waals surface area contributed by atoms with Crippen LogP contribution in [0, 0.1) is 0 Å². The minimum atomic E-state index is -0.764. The number of carbonyl (C=O) groups excluding carboxylic acids is 2. The molecule has 7 heteroatoms. The van der Waals surface area contributed by atoms with Crippen LogP contribution in [0.15, 0.2) is 30.9 Å². The standard InChI is InChI=1S/C20H29NO6/c1-5-10-24-15(4)20(23)27-14-19(22)21-16-8-9-17(25-11-6-2)18(13-16)26-12-7-3/h5,8-9,13,15H,1,6-7,10-12,14H2,2-4H3,(H,21,22). The highest BCUT2D eigenvalue weighted by molar-refractivity contribution is 5.93. The van der Waals surface area contributed by atoms with E-state index in [1.54, 1.807) is 25.1 Å². The average Bonchev–Trinajstić information content (AvgIpc) is 2.67. The summed E-state index contributed by atoms with van der Waals surface area (Å²) in [5, 5.41) is 2.67. The van der Waals surface area contributed by atoms with Crippen LogP contribution < -0.4 is 14.8 Å². The van der Waals surface area contributed by atoms with Crippen LogP contribution in [0.1, 0.15) is 33.6 Å². The lowest BCUT2D eigenvalue weighted by Crippen LogP contribution is -2.28. The van der Waals surface area contributed by atoms with E-state index in [0.29, 0.717) is 30.4 Å². The normalized spacial score (nSPS) is 11.4. The predicted octanol–water partition coefficient (Wildman–Crippen LogP) is 3.34. The minimum absolute atomic E-state index is 0.232. The Morgan fingerprint density at radius 3 is 2.44 bits per heavy atom. The summed E-state index contributed by atoms with van der Waals surface area (Å²) in [6, 6.07) is 5.14. The molecule has 0 saturated heterocycles. The fourth-order valence-electron chi connectivity index (χ4n) is 1.97. The van der Waals surface area contributed by atoms with Gasteiger partial charge in [-0.3, -0.25) is 4.79 Å². The van der Waals surface area contributed by atoms with E-state index in [2.05, 4.69) is 11.9 Å². The molecule has 1 aromatic carbocycles. The molecule has 1 atom stereocenters. The first kappa shape index (κ1) is 22.5. The van der Waals surface area contributed by atoms with E-state index in [-0.39, 0.29) is 6.61 Å². The number of benzene rings is 1. The molecule has 1 aromatic rings. The molecule has 0 saturated carbocycles. The van der Waals surface area contributed by atoms with E-state index in [9.17, 15) is 9.59 Å². The molecule has 0 fully saturated rings. The molecule has 1 rings (SSSR count). The summed E-state index contributed by atoms with van der Waals surface area (Å²) >= 11 is 0. The van der Waals surface area contributed by atoms with Crippen molar-refractivity contribution in [1.29, 1.82) is 0 Å². The van der Waals surface area contributed by atoms with Gasteiger partial charge in [0.1, 0.15) is 0 Å². The largest absolute Gasteiger partial charge is 0.490 e. The minimum Gasteiger partial charge on any atom is -0.490 e. The van der Waals surface area contributed by atoms with Gasteiger partial charge in [0.15, 0.2) is 24.2 Å². The van der Waals surface area contributed by atoms with E-state index < -0.39 is 24.6 Å². The topological polar surface area (TPSA) is 83.1 Å². The van der Waals surface area contributed by atoms with Gasteiger partial charge in [-0.1, -0.05) is 19.9 Å². The monoisotopic (exact) mass is 379 g/mol. The maximum Gasteiger partial charge on any atom is 0.335 e. The summed E-state index contributed by atoms with van der Waals surface area (Å²) in [5.74, 6) is 0.125. The Morgan fingerprint density at radius 2 is 1.81 bits per heavy atom. The van der Waals surface area contributed by atoms with Crippen LogP contribution >= 0.6 is 0 Å². The molecular weight excluding hydrogens is 350 g/mol. The number of amides is 1. The Bertz CT molecular complexity index is 616. The summed E-state index contributed by atoms with van der Waals surface area (Å²) in [4.78, 5) is 23.7. The van der Waals surface area contributed by atoms with Crippen molar-refractivity contribution in [2.45, 2.75) is 39.7 Å². The third kappa shape index (κ3) is 8.59. The summed E-state index contributed by atoms with van der Waals surface area (Å²) in [6.07, 6.45) is 2.50. The van der Waals surface area contributed by atoms with Crippen molar-refractivity contribution in [3.8, 4) is 11.5 Å². The van der Waals surface area contributed by atoms with Gasteiger partial charge in [-0.15, -0.1) is 6.58 Å². The van der Waals surface area contributed by atoms with Crippen LogP contribution in [0.4, 0.5) is 5.69 Å². The van der Waals surface area contributed by atoms with Crippen molar-refractivity contribution >= 4 is 17.6 Å². The second-order valence-corrected chi connectivity index (χ2v) is 5.78. The number of nitrogens with one attached hydrogen (secondary N) is 1. The molecule has 0 heterocycles. The molecule has 1 amide bonds. The zero-order valence-electron chi connectivity index (χ0n) is 16.3. The van der Waals surface area contributed by atoms with Gasteiger partial charge >= 0.3 is 5.97 Å². The molecule has 1 N–H and O–H groups in total. The summed E-state index contributed by atoms with van der Waals surface area (Å²) in [7, 11) is 0. The number of ether oxygens (including phenoxy) is 4.